The molecule has 1 amide bonds. The van der Waals surface area contributed by atoms with Gasteiger partial charge in [0, 0.05) is 17.4 Å². The van der Waals surface area contributed by atoms with Gasteiger partial charge in [0.2, 0.25) is 5.91 Å². The molecule has 3 aromatic rings. The fourth-order valence-electron chi connectivity index (χ4n) is 2.48. The maximum Gasteiger partial charge on any atom is 0.234 e. The average Bonchev–Trinajstić information content (AvgIpc) is 2.73. The Morgan fingerprint density at radius 2 is 1.81 bits per heavy atom. The lowest BCUT2D eigenvalue weighted by molar-refractivity contribution is -0.113. The monoisotopic (exact) mass is 379 g/mol. The van der Waals surface area contributed by atoms with Crippen molar-refractivity contribution in [2.45, 2.75) is 18.5 Å². The van der Waals surface area contributed by atoms with E-state index in [1.807, 2.05) is 6.07 Å². The van der Waals surface area contributed by atoms with Crippen LogP contribution in [0.5, 0.6) is 5.75 Å². The topological polar surface area (TPSA) is 64.1 Å². The van der Waals surface area contributed by atoms with Crippen molar-refractivity contribution in [1.29, 1.82) is 0 Å². The summed E-state index contributed by atoms with van der Waals surface area (Å²) >= 11 is 1.31. The zero-order valence-corrected chi connectivity index (χ0v) is 16.1. The Morgan fingerprint density at radius 3 is 2.48 bits per heavy atom. The summed E-state index contributed by atoms with van der Waals surface area (Å²) in [6, 6.07) is 17.4. The molecule has 6 heteroatoms. The molecule has 5 nitrogen and oxygen atoms in total. The highest BCUT2D eigenvalue weighted by molar-refractivity contribution is 7.99. The molecule has 0 aliphatic carbocycles. The number of carbonyl (C=O) groups is 1. The van der Waals surface area contributed by atoms with Gasteiger partial charge < -0.3 is 10.1 Å². The number of ether oxygens (including phenoxy) is 1. The van der Waals surface area contributed by atoms with Gasteiger partial charge in [0.05, 0.1) is 18.6 Å². The molecular formula is C21H21N3O2S. The predicted octanol–water partition coefficient (Wildman–Crippen LogP) is 4.45. The Kier molecular flexibility index (Phi) is 6.44. The van der Waals surface area contributed by atoms with Crippen LogP contribution in [0, 0.1) is 0 Å². The van der Waals surface area contributed by atoms with Crippen LogP contribution in [0.2, 0.25) is 0 Å². The van der Waals surface area contributed by atoms with E-state index < -0.39 is 0 Å². The van der Waals surface area contributed by atoms with Crippen LogP contribution < -0.4 is 10.1 Å². The molecule has 2 aromatic carbocycles. The van der Waals surface area contributed by atoms with Gasteiger partial charge in [0.1, 0.15) is 5.75 Å². The number of anilines is 1. The molecule has 0 bridgehead atoms. The van der Waals surface area contributed by atoms with Crippen molar-refractivity contribution in [2.75, 3.05) is 18.2 Å². The van der Waals surface area contributed by atoms with E-state index in [2.05, 4.69) is 46.5 Å². The highest BCUT2D eigenvalue weighted by Gasteiger charge is 2.07. The molecule has 0 spiro atoms. The molecular weight excluding hydrogens is 358 g/mol. The average molecular weight is 379 g/mol. The first kappa shape index (κ1) is 18.9. The van der Waals surface area contributed by atoms with E-state index in [0.29, 0.717) is 5.16 Å². The second-order valence-corrected chi connectivity index (χ2v) is 6.78. The van der Waals surface area contributed by atoms with Gasteiger partial charge in [-0.2, -0.15) is 0 Å². The lowest BCUT2D eigenvalue weighted by Crippen LogP contribution is -2.14. The predicted molar refractivity (Wildman–Crippen MR) is 109 cm³/mol. The molecule has 1 aromatic heterocycles. The minimum Gasteiger partial charge on any atom is -0.497 e. The van der Waals surface area contributed by atoms with Crippen LogP contribution in [-0.2, 0) is 11.2 Å². The number of amides is 1. The molecule has 27 heavy (non-hydrogen) atoms. The Hall–Kier alpha value is -2.86. The minimum atomic E-state index is -0.105. The van der Waals surface area contributed by atoms with Crippen LogP contribution in [0.4, 0.5) is 5.69 Å². The summed E-state index contributed by atoms with van der Waals surface area (Å²) in [6.07, 6.45) is 2.73. The Morgan fingerprint density at radius 1 is 1.07 bits per heavy atom. The molecule has 0 aliphatic heterocycles. The maximum atomic E-state index is 12.1. The van der Waals surface area contributed by atoms with Gasteiger partial charge in [-0.3, -0.25) is 4.79 Å². The van der Waals surface area contributed by atoms with Gasteiger partial charge in [-0.1, -0.05) is 43.0 Å². The summed E-state index contributed by atoms with van der Waals surface area (Å²) in [5.74, 6) is 0.885. The number of nitrogens with one attached hydrogen (secondary N) is 1. The first-order chi connectivity index (χ1) is 13.2. The number of rotatable bonds is 7. The van der Waals surface area contributed by atoms with Crippen LogP contribution in [0.1, 0.15) is 12.5 Å². The zero-order valence-electron chi connectivity index (χ0n) is 15.3. The summed E-state index contributed by atoms with van der Waals surface area (Å²) < 4.78 is 5.11. The van der Waals surface area contributed by atoms with Gasteiger partial charge in [-0.05, 0) is 42.3 Å². The van der Waals surface area contributed by atoms with E-state index in [0.717, 1.165) is 29.1 Å². The number of carbonyl (C=O) groups excluding carboxylic acids is 1. The van der Waals surface area contributed by atoms with Crippen molar-refractivity contribution in [2.24, 2.45) is 0 Å². The molecule has 0 saturated carbocycles. The lowest BCUT2D eigenvalue weighted by Gasteiger charge is -2.07. The second-order valence-electron chi connectivity index (χ2n) is 5.84. The summed E-state index contributed by atoms with van der Waals surface area (Å²) in [5, 5.41) is 3.43. The molecule has 3 rings (SSSR count). The van der Waals surface area contributed by atoms with Crippen LogP contribution in [0.25, 0.3) is 11.3 Å². The second kappa shape index (κ2) is 9.19. The van der Waals surface area contributed by atoms with Gasteiger partial charge in [-0.15, -0.1) is 0 Å². The largest absolute Gasteiger partial charge is 0.497 e. The number of aryl methyl sites for hydroxylation is 1. The number of hydrogen-bond donors (Lipinski definition) is 1. The fourth-order valence-corrected chi connectivity index (χ4v) is 3.11. The highest BCUT2D eigenvalue weighted by Crippen LogP contribution is 2.21. The molecule has 138 valence electrons. The van der Waals surface area contributed by atoms with E-state index >= 15 is 0 Å². The first-order valence-electron chi connectivity index (χ1n) is 8.67. The van der Waals surface area contributed by atoms with Crippen molar-refractivity contribution in [3.63, 3.8) is 0 Å². The number of benzene rings is 2. The molecule has 0 aliphatic rings. The third-order valence-electron chi connectivity index (χ3n) is 4.00. The van der Waals surface area contributed by atoms with E-state index in [-0.39, 0.29) is 11.7 Å². The molecule has 0 radical (unpaired) electrons. The number of methoxy groups -OCH3 is 1. The fraction of sp³-hybridized carbons (Fsp3) is 0.190. The van der Waals surface area contributed by atoms with E-state index in [1.165, 1.54) is 17.3 Å². The summed E-state index contributed by atoms with van der Waals surface area (Å²) in [7, 11) is 1.61. The normalized spacial score (nSPS) is 10.4. The third-order valence-corrected chi connectivity index (χ3v) is 4.86. The summed E-state index contributed by atoms with van der Waals surface area (Å²) in [5.41, 5.74) is 3.91. The highest BCUT2D eigenvalue weighted by atomic mass is 32.2. The summed E-state index contributed by atoms with van der Waals surface area (Å²) in [6.45, 7) is 2.13. The lowest BCUT2D eigenvalue weighted by atomic mass is 10.1. The first-order valence-corrected chi connectivity index (χ1v) is 9.65. The number of aromatic nitrogens is 2. The smallest absolute Gasteiger partial charge is 0.234 e. The van der Waals surface area contributed by atoms with Crippen molar-refractivity contribution >= 4 is 23.4 Å². The number of nitrogens with zero attached hydrogens (tertiary/aromatic N) is 2. The molecule has 0 saturated heterocycles. The SMILES string of the molecule is CCc1ccc(-c2ccnc(SCC(=O)Nc3ccc(OC)cc3)n2)cc1. The molecule has 0 fully saturated rings. The van der Waals surface area contributed by atoms with Crippen LogP contribution in [-0.4, -0.2) is 28.7 Å². The standard InChI is InChI=1S/C21H21N3O2S/c1-3-15-4-6-16(7-5-15)19-12-13-22-21(24-19)27-14-20(25)23-17-8-10-18(26-2)11-9-17/h4-13H,3,14H2,1-2H3,(H,23,25). The molecule has 1 N–H and O–H groups in total. The Balaban J connectivity index is 1.59. The van der Waals surface area contributed by atoms with Gasteiger partial charge >= 0.3 is 0 Å². The van der Waals surface area contributed by atoms with Crippen LogP contribution in [0.15, 0.2) is 66.0 Å². The number of hydrogen-bond acceptors (Lipinski definition) is 5. The minimum absolute atomic E-state index is 0.105. The van der Waals surface area contributed by atoms with Crippen molar-refractivity contribution in [3.8, 4) is 17.0 Å². The molecule has 1 heterocycles. The zero-order chi connectivity index (χ0) is 19.1. The quantitative estimate of drug-likeness (QED) is 0.485. The third kappa shape index (κ3) is 5.31. The maximum absolute atomic E-state index is 12.1. The number of thioether (sulfide) groups is 1. The molecule has 0 atom stereocenters. The van der Waals surface area contributed by atoms with E-state index in [4.69, 9.17) is 4.74 Å². The summed E-state index contributed by atoms with van der Waals surface area (Å²) in [4.78, 5) is 21.0. The van der Waals surface area contributed by atoms with E-state index in [1.54, 1.807) is 37.6 Å². The van der Waals surface area contributed by atoms with Gasteiger partial charge in [-0.25, -0.2) is 9.97 Å². The molecule has 0 unspecified atom stereocenters. The van der Waals surface area contributed by atoms with Crippen LogP contribution >= 0.6 is 11.8 Å². The van der Waals surface area contributed by atoms with Crippen molar-refractivity contribution < 1.29 is 9.53 Å². The van der Waals surface area contributed by atoms with Crippen LogP contribution in [0.3, 0.4) is 0 Å². The van der Waals surface area contributed by atoms with Gasteiger partial charge in [0.25, 0.3) is 0 Å². The Labute approximate surface area is 163 Å². The van der Waals surface area contributed by atoms with E-state index in [9.17, 15) is 4.79 Å². The van der Waals surface area contributed by atoms with Crippen molar-refractivity contribution in [3.05, 3.63) is 66.4 Å². The Bertz CT molecular complexity index is 896. The van der Waals surface area contributed by atoms with Crippen molar-refractivity contribution in [1.82, 2.24) is 9.97 Å². The van der Waals surface area contributed by atoms with Gasteiger partial charge in [0.15, 0.2) is 5.16 Å².